The number of aryl methyl sites for hydroxylation is 2. The molecule has 200 valence electrons. The molecule has 3 aromatic carbocycles. The first-order valence-electron chi connectivity index (χ1n) is 13.8. The number of fused-ring (bicyclic) bond motifs is 1. The molecular formula is C32H38F4O. The second-order valence-corrected chi connectivity index (χ2v) is 10.6. The Bertz CT molecular complexity index is 1130. The maximum absolute atomic E-state index is 15.3. The normalized spacial score (nSPS) is 18.3. The van der Waals surface area contributed by atoms with Crippen LogP contribution in [0.25, 0.3) is 10.8 Å². The van der Waals surface area contributed by atoms with Crippen molar-refractivity contribution >= 4 is 10.8 Å². The standard InChI is InChI=1S/C32H38F4O/c1-2-3-4-5-6-23-7-12-25(13-8-23)27-17-20-30-28(21-27)16-15-26(31(30)33)14-9-24-10-18-29(19-11-24)37-22-32(34,35)36/h10-11,15-21,23,25H,2-9,12-14,22H2,1H3. The average molecular weight is 515 g/mol. The van der Waals surface area contributed by atoms with Gasteiger partial charge >= 0.3 is 6.18 Å². The number of rotatable bonds is 11. The Labute approximate surface area is 218 Å². The lowest BCUT2D eigenvalue weighted by molar-refractivity contribution is -0.153. The van der Waals surface area contributed by atoms with Crippen LogP contribution in [0.2, 0.25) is 0 Å². The summed E-state index contributed by atoms with van der Waals surface area (Å²) >= 11 is 0. The van der Waals surface area contributed by atoms with Crippen LogP contribution in [0.15, 0.2) is 54.6 Å². The topological polar surface area (TPSA) is 9.23 Å². The highest BCUT2D eigenvalue weighted by atomic mass is 19.4. The fourth-order valence-electron chi connectivity index (χ4n) is 5.64. The van der Waals surface area contributed by atoms with Crippen LogP contribution in [0.3, 0.4) is 0 Å². The zero-order valence-electron chi connectivity index (χ0n) is 21.8. The zero-order chi connectivity index (χ0) is 26.3. The Morgan fingerprint density at radius 1 is 0.838 bits per heavy atom. The van der Waals surface area contributed by atoms with Gasteiger partial charge in [0, 0.05) is 5.39 Å². The molecule has 1 aliphatic rings. The van der Waals surface area contributed by atoms with Gasteiger partial charge < -0.3 is 4.74 Å². The second kappa shape index (κ2) is 12.8. The summed E-state index contributed by atoms with van der Waals surface area (Å²) in [5.41, 5.74) is 2.91. The minimum Gasteiger partial charge on any atom is -0.484 e. The third-order valence-electron chi connectivity index (χ3n) is 7.85. The van der Waals surface area contributed by atoms with Gasteiger partial charge in [-0.05, 0) is 84.6 Å². The molecule has 0 spiro atoms. The van der Waals surface area contributed by atoms with Crippen molar-refractivity contribution in [3.63, 3.8) is 0 Å². The summed E-state index contributed by atoms with van der Waals surface area (Å²) in [7, 11) is 0. The summed E-state index contributed by atoms with van der Waals surface area (Å²) in [5, 5.41) is 1.60. The van der Waals surface area contributed by atoms with Crippen molar-refractivity contribution in [3.8, 4) is 5.75 Å². The van der Waals surface area contributed by atoms with Crippen LogP contribution in [0.1, 0.15) is 87.3 Å². The third-order valence-corrected chi connectivity index (χ3v) is 7.85. The van der Waals surface area contributed by atoms with Gasteiger partial charge in [-0.3, -0.25) is 0 Å². The fourth-order valence-corrected chi connectivity index (χ4v) is 5.64. The summed E-state index contributed by atoms with van der Waals surface area (Å²) in [6.07, 6.45) is 8.55. The van der Waals surface area contributed by atoms with E-state index in [4.69, 9.17) is 4.74 Å². The molecule has 0 saturated heterocycles. The van der Waals surface area contributed by atoms with Crippen LogP contribution in [0.5, 0.6) is 5.75 Å². The Hall–Kier alpha value is -2.56. The van der Waals surface area contributed by atoms with Crippen LogP contribution in [0, 0.1) is 11.7 Å². The van der Waals surface area contributed by atoms with E-state index in [1.165, 1.54) is 75.5 Å². The van der Waals surface area contributed by atoms with Crippen molar-refractivity contribution < 1.29 is 22.3 Å². The van der Waals surface area contributed by atoms with Crippen molar-refractivity contribution in [3.05, 3.63) is 77.1 Å². The molecule has 4 rings (SSSR count). The first kappa shape index (κ1) is 27.5. The lowest BCUT2D eigenvalue weighted by atomic mass is 9.76. The van der Waals surface area contributed by atoms with E-state index in [1.54, 1.807) is 12.1 Å². The molecule has 37 heavy (non-hydrogen) atoms. The third kappa shape index (κ3) is 7.96. The van der Waals surface area contributed by atoms with E-state index in [9.17, 15) is 13.2 Å². The van der Waals surface area contributed by atoms with E-state index in [-0.39, 0.29) is 11.6 Å². The van der Waals surface area contributed by atoms with Gasteiger partial charge in [0.15, 0.2) is 6.61 Å². The summed E-state index contributed by atoms with van der Waals surface area (Å²) < 4.78 is 57.0. The van der Waals surface area contributed by atoms with Crippen molar-refractivity contribution in [2.75, 3.05) is 6.61 Å². The lowest BCUT2D eigenvalue weighted by Gasteiger charge is -2.29. The summed E-state index contributed by atoms with van der Waals surface area (Å²) in [6, 6.07) is 16.6. The quantitative estimate of drug-likeness (QED) is 0.183. The maximum Gasteiger partial charge on any atom is 0.422 e. The molecule has 0 aromatic heterocycles. The Morgan fingerprint density at radius 2 is 1.59 bits per heavy atom. The highest BCUT2D eigenvalue weighted by Crippen LogP contribution is 2.39. The van der Waals surface area contributed by atoms with Crippen LogP contribution in [-0.4, -0.2) is 12.8 Å². The molecule has 0 atom stereocenters. The van der Waals surface area contributed by atoms with E-state index in [0.717, 1.165) is 16.9 Å². The number of benzene rings is 3. The van der Waals surface area contributed by atoms with Gasteiger partial charge in [0.25, 0.3) is 0 Å². The molecule has 0 aliphatic heterocycles. The smallest absolute Gasteiger partial charge is 0.422 e. The first-order chi connectivity index (χ1) is 17.8. The molecule has 0 N–H and O–H groups in total. The number of hydrogen-bond acceptors (Lipinski definition) is 1. The minimum absolute atomic E-state index is 0.175. The van der Waals surface area contributed by atoms with Crippen LogP contribution in [0.4, 0.5) is 17.6 Å². The summed E-state index contributed by atoms with van der Waals surface area (Å²) in [6.45, 7) is 0.948. The molecule has 5 heteroatoms. The molecule has 0 heterocycles. The molecule has 1 nitrogen and oxygen atoms in total. The molecule has 0 bridgehead atoms. The van der Waals surface area contributed by atoms with Crippen LogP contribution < -0.4 is 4.74 Å². The average Bonchev–Trinajstić information content (AvgIpc) is 2.90. The molecule has 1 fully saturated rings. The molecule has 0 amide bonds. The van der Waals surface area contributed by atoms with Gasteiger partial charge in [0.1, 0.15) is 11.6 Å². The van der Waals surface area contributed by atoms with Gasteiger partial charge in [-0.25, -0.2) is 4.39 Å². The van der Waals surface area contributed by atoms with Crippen molar-refractivity contribution in [2.45, 2.75) is 89.6 Å². The van der Waals surface area contributed by atoms with E-state index < -0.39 is 12.8 Å². The van der Waals surface area contributed by atoms with Gasteiger partial charge in [0.05, 0.1) is 0 Å². The number of hydrogen-bond donors (Lipinski definition) is 0. The molecule has 1 saturated carbocycles. The van der Waals surface area contributed by atoms with E-state index in [2.05, 4.69) is 19.1 Å². The number of unbranched alkanes of at least 4 members (excludes halogenated alkanes) is 3. The lowest BCUT2D eigenvalue weighted by Crippen LogP contribution is -2.19. The van der Waals surface area contributed by atoms with Gasteiger partial charge in [-0.15, -0.1) is 0 Å². The number of halogens is 4. The van der Waals surface area contributed by atoms with Crippen molar-refractivity contribution in [1.29, 1.82) is 0 Å². The molecule has 3 aromatic rings. The van der Waals surface area contributed by atoms with Crippen molar-refractivity contribution in [2.24, 2.45) is 5.92 Å². The fraction of sp³-hybridized carbons (Fsp3) is 0.500. The van der Waals surface area contributed by atoms with E-state index in [0.29, 0.717) is 29.7 Å². The number of ether oxygens (including phenoxy) is 1. The molecule has 1 aliphatic carbocycles. The SMILES string of the molecule is CCCCCCC1CCC(c2ccc3c(F)c(CCc4ccc(OCC(F)(F)F)cc4)ccc3c2)CC1. The monoisotopic (exact) mass is 514 g/mol. The Kier molecular flexibility index (Phi) is 9.50. The molecule has 0 unspecified atom stereocenters. The summed E-state index contributed by atoms with van der Waals surface area (Å²) in [4.78, 5) is 0. The zero-order valence-corrected chi connectivity index (χ0v) is 21.8. The largest absolute Gasteiger partial charge is 0.484 e. The van der Waals surface area contributed by atoms with E-state index in [1.807, 2.05) is 18.2 Å². The summed E-state index contributed by atoms with van der Waals surface area (Å²) in [5.74, 6) is 1.44. The van der Waals surface area contributed by atoms with Gasteiger partial charge in [-0.2, -0.15) is 13.2 Å². The van der Waals surface area contributed by atoms with Crippen LogP contribution in [-0.2, 0) is 12.8 Å². The van der Waals surface area contributed by atoms with Crippen LogP contribution >= 0.6 is 0 Å². The highest BCUT2D eigenvalue weighted by Gasteiger charge is 2.28. The minimum atomic E-state index is -4.36. The van der Waals surface area contributed by atoms with E-state index >= 15 is 4.39 Å². The molecule has 0 radical (unpaired) electrons. The van der Waals surface area contributed by atoms with Gasteiger partial charge in [0.2, 0.25) is 0 Å². The second-order valence-electron chi connectivity index (χ2n) is 10.6. The highest BCUT2D eigenvalue weighted by molar-refractivity contribution is 5.84. The predicted octanol–water partition coefficient (Wildman–Crippen LogP) is 9.95. The van der Waals surface area contributed by atoms with Gasteiger partial charge in [-0.1, -0.05) is 81.5 Å². The maximum atomic E-state index is 15.3. The Morgan fingerprint density at radius 3 is 2.30 bits per heavy atom. The first-order valence-corrected chi connectivity index (χ1v) is 13.8. The predicted molar refractivity (Wildman–Crippen MR) is 143 cm³/mol. The van der Waals surface area contributed by atoms with Crippen molar-refractivity contribution in [1.82, 2.24) is 0 Å². The molecular weight excluding hydrogens is 476 g/mol. The Balaban J connectivity index is 1.32. The number of alkyl halides is 3.